The quantitative estimate of drug-likeness (QED) is 0.501. The Morgan fingerprint density at radius 2 is 1.25 bits per heavy atom. The standard InChI is InChI=1S/C15H8F9NO3/c16-12(17,13(18,19)14(20,21)15(22,23)24)4-1-5-25-10(26)8-6-2-3-7(28-6)9(8)11(25)27/h2-3H,1,4-5H2. The molecule has 2 aromatic heterocycles. The van der Waals surface area contributed by atoms with Gasteiger partial charge in [-0.2, -0.15) is 39.5 Å². The van der Waals surface area contributed by atoms with Gasteiger partial charge in [0.25, 0.3) is 11.8 Å². The van der Waals surface area contributed by atoms with Crippen LogP contribution in [0.15, 0.2) is 16.5 Å². The van der Waals surface area contributed by atoms with Gasteiger partial charge < -0.3 is 4.42 Å². The van der Waals surface area contributed by atoms with Crippen LogP contribution in [0.1, 0.15) is 33.6 Å². The predicted octanol–water partition coefficient (Wildman–Crippen LogP) is 4.72. The summed E-state index contributed by atoms with van der Waals surface area (Å²) in [5.74, 6) is -21.4. The van der Waals surface area contributed by atoms with Gasteiger partial charge in [0.1, 0.15) is 11.2 Å². The van der Waals surface area contributed by atoms with Gasteiger partial charge in [-0.1, -0.05) is 0 Å². The number of furan rings is 2. The van der Waals surface area contributed by atoms with Crippen LogP contribution in [0.25, 0.3) is 11.2 Å². The fraction of sp³-hybridized carbons (Fsp3) is 0.467. The molecule has 1 aliphatic rings. The topological polar surface area (TPSA) is 50.5 Å². The first kappa shape index (κ1) is 20.3. The summed E-state index contributed by atoms with van der Waals surface area (Å²) in [5, 5.41) is 0. The summed E-state index contributed by atoms with van der Waals surface area (Å²) in [6, 6.07) is 2.72. The number of hydrogen-bond acceptors (Lipinski definition) is 3. The van der Waals surface area contributed by atoms with Gasteiger partial charge in [-0.3, -0.25) is 14.5 Å². The fourth-order valence-electron chi connectivity index (χ4n) is 2.87. The monoisotopic (exact) mass is 421 g/mol. The van der Waals surface area contributed by atoms with Gasteiger partial charge in [-0.05, 0) is 18.6 Å². The zero-order chi connectivity index (χ0) is 21.3. The van der Waals surface area contributed by atoms with E-state index in [4.69, 9.17) is 4.42 Å². The molecule has 0 fully saturated rings. The number of amides is 2. The molecule has 2 bridgehead atoms. The van der Waals surface area contributed by atoms with E-state index in [0.717, 1.165) is 0 Å². The van der Waals surface area contributed by atoms with Crippen LogP contribution in [0.2, 0.25) is 0 Å². The molecule has 0 radical (unpaired) electrons. The molecular formula is C15H8F9NO3. The molecule has 0 spiro atoms. The number of carbonyl (C=O) groups excluding carboxylic acids is 2. The van der Waals surface area contributed by atoms with Crippen molar-refractivity contribution < 1.29 is 53.5 Å². The number of carbonyl (C=O) groups is 2. The molecule has 4 nitrogen and oxygen atoms in total. The Morgan fingerprint density at radius 3 is 1.68 bits per heavy atom. The van der Waals surface area contributed by atoms with E-state index in [2.05, 4.69) is 0 Å². The minimum Gasteiger partial charge on any atom is -0.456 e. The number of hydrogen-bond donors (Lipinski definition) is 0. The third kappa shape index (κ3) is 2.54. The maximum atomic E-state index is 13.5. The van der Waals surface area contributed by atoms with E-state index in [9.17, 15) is 49.1 Å². The van der Waals surface area contributed by atoms with Crippen LogP contribution in [-0.4, -0.2) is 47.2 Å². The van der Waals surface area contributed by atoms with Crippen molar-refractivity contribution in [3.8, 4) is 0 Å². The maximum Gasteiger partial charge on any atom is 0.460 e. The molecule has 2 amide bonds. The molecule has 0 saturated carbocycles. The Labute approximate surface area is 149 Å². The fourth-order valence-corrected chi connectivity index (χ4v) is 2.87. The first-order valence-electron chi connectivity index (χ1n) is 7.55. The molecule has 1 aliphatic heterocycles. The first-order valence-corrected chi connectivity index (χ1v) is 7.55. The number of nitrogens with zero attached hydrogens (tertiary/aromatic N) is 1. The lowest BCUT2D eigenvalue weighted by Gasteiger charge is -2.33. The third-order valence-electron chi connectivity index (χ3n) is 4.35. The van der Waals surface area contributed by atoms with E-state index >= 15 is 0 Å². The molecule has 3 heterocycles. The lowest BCUT2D eigenvalue weighted by molar-refractivity contribution is -0.396. The summed E-state index contributed by atoms with van der Waals surface area (Å²) in [6.07, 6.45) is -10.1. The van der Waals surface area contributed by atoms with Crippen molar-refractivity contribution in [1.82, 2.24) is 4.90 Å². The van der Waals surface area contributed by atoms with Crippen LogP contribution in [0, 0.1) is 0 Å². The van der Waals surface area contributed by atoms with Crippen LogP contribution >= 0.6 is 0 Å². The molecule has 0 aliphatic carbocycles. The maximum absolute atomic E-state index is 13.5. The highest BCUT2D eigenvalue weighted by Crippen LogP contribution is 2.54. The number of imide groups is 1. The highest BCUT2D eigenvalue weighted by molar-refractivity contribution is 6.27. The molecule has 3 rings (SSSR count). The van der Waals surface area contributed by atoms with Crippen molar-refractivity contribution in [3.05, 3.63) is 23.3 Å². The second kappa shape index (κ2) is 5.77. The minimum atomic E-state index is -6.97. The molecule has 28 heavy (non-hydrogen) atoms. The normalized spacial score (nSPS) is 16.5. The molecule has 0 N–H and O–H groups in total. The molecule has 0 saturated heterocycles. The van der Waals surface area contributed by atoms with Gasteiger partial charge in [0, 0.05) is 13.0 Å². The van der Waals surface area contributed by atoms with Crippen molar-refractivity contribution in [2.75, 3.05) is 6.54 Å². The Hall–Kier alpha value is -2.47. The zero-order valence-corrected chi connectivity index (χ0v) is 13.3. The average Bonchev–Trinajstić information content (AvgIpc) is 3.22. The predicted molar refractivity (Wildman–Crippen MR) is 72.9 cm³/mol. The van der Waals surface area contributed by atoms with E-state index in [1.54, 1.807) is 0 Å². The van der Waals surface area contributed by atoms with Crippen LogP contribution in [-0.2, 0) is 0 Å². The van der Waals surface area contributed by atoms with Crippen molar-refractivity contribution in [2.45, 2.75) is 36.8 Å². The van der Waals surface area contributed by atoms with Crippen molar-refractivity contribution >= 4 is 23.0 Å². The minimum absolute atomic E-state index is 0.0348. The van der Waals surface area contributed by atoms with Crippen molar-refractivity contribution in [1.29, 1.82) is 0 Å². The van der Waals surface area contributed by atoms with E-state index in [1.165, 1.54) is 12.1 Å². The summed E-state index contributed by atoms with van der Waals surface area (Å²) in [7, 11) is 0. The van der Waals surface area contributed by atoms with Crippen molar-refractivity contribution in [3.63, 3.8) is 0 Å². The Kier molecular flexibility index (Phi) is 4.17. The van der Waals surface area contributed by atoms with Crippen LogP contribution in [0.3, 0.4) is 0 Å². The summed E-state index contributed by atoms with van der Waals surface area (Å²) in [5.41, 5.74) is -0.230. The Balaban J connectivity index is 1.70. The van der Waals surface area contributed by atoms with Crippen molar-refractivity contribution in [2.24, 2.45) is 0 Å². The molecule has 0 atom stereocenters. The largest absolute Gasteiger partial charge is 0.460 e. The Bertz CT molecular complexity index is 886. The van der Waals surface area contributed by atoms with Crippen LogP contribution < -0.4 is 0 Å². The number of rotatable bonds is 6. The molecule has 154 valence electrons. The van der Waals surface area contributed by atoms with Gasteiger partial charge in [0.15, 0.2) is 0 Å². The summed E-state index contributed by atoms with van der Waals surface area (Å²) < 4.78 is 120. The lowest BCUT2D eigenvalue weighted by Crippen LogP contribution is -2.60. The van der Waals surface area contributed by atoms with Gasteiger partial charge in [0.2, 0.25) is 0 Å². The first-order chi connectivity index (χ1) is 12.6. The van der Waals surface area contributed by atoms with Gasteiger partial charge >= 0.3 is 23.9 Å². The second-order valence-corrected chi connectivity index (χ2v) is 6.13. The van der Waals surface area contributed by atoms with Gasteiger partial charge in [-0.15, -0.1) is 0 Å². The number of halogens is 9. The SMILES string of the molecule is O=C1c2c(c3ccc2o3)C(=O)N1CCCC(F)(F)C(F)(F)C(F)(F)C(F)(F)F. The molecule has 13 heteroatoms. The summed E-state index contributed by atoms with van der Waals surface area (Å²) in [4.78, 5) is 24.7. The van der Waals surface area contributed by atoms with Gasteiger partial charge in [-0.25, -0.2) is 0 Å². The zero-order valence-electron chi connectivity index (χ0n) is 13.3. The smallest absolute Gasteiger partial charge is 0.456 e. The van der Waals surface area contributed by atoms with E-state index in [1.807, 2.05) is 0 Å². The second-order valence-electron chi connectivity index (χ2n) is 6.13. The third-order valence-corrected chi connectivity index (χ3v) is 4.35. The molecular weight excluding hydrogens is 413 g/mol. The average molecular weight is 421 g/mol. The molecule has 0 unspecified atom stereocenters. The number of benzene rings is 1. The highest BCUT2D eigenvalue weighted by atomic mass is 19.4. The van der Waals surface area contributed by atoms with Gasteiger partial charge in [0.05, 0.1) is 11.1 Å². The Morgan fingerprint density at radius 1 is 0.786 bits per heavy atom. The summed E-state index contributed by atoms with van der Waals surface area (Å²) >= 11 is 0. The lowest BCUT2D eigenvalue weighted by atomic mass is 9.99. The molecule has 0 aromatic carbocycles. The van der Waals surface area contributed by atoms with E-state index < -0.39 is 55.1 Å². The van der Waals surface area contributed by atoms with Crippen LogP contribution in [0.4, 0.5) is 39.5 Å². The van der Waals surface area contributed by atoms with E-state index in [-0.39, 0.29) is 22.3 Å². The highest BCUT2D eigenvalue weighted by Gasteiger charge is 2.81. The summed E-state index contributed by atoms with van der Waals surface area (Å²) in [6.45, 7) is -0.880. The number of alkyl halides is 9. The van der Waals surface area contributed by atoms with Crippen LogP contribution in [0.5, 0.6) is 0 Å². The number of fused-ring (bicyclic) bond motifs is 5. The van der Waals surface area contributed by atoms with E-state index in [0.29, 0.717) is 4.90 Å². The molecule has 2 aromatic rings.